The molecule has 1 unspecified atom stereocenters. The van der Waals surface area contributed by atoms with Gasteiger partial charge in [0.05, 0.1) is 0 Å². The van der Waals surface area contributed by atoms with Crippen molar-refractivity contribution >= 4 is 11.5 Å². The molecule has 0 aliphatic heterocycles. The lowest BCUT2D eigenvalue weighted by molar-refractivity contribution is 0.643. The van der Waals surface area contributed by atoms with Gasteiger partial charge < -0.3 is 11.1 Å². The number of amidine groups is 1. The van der Waals surface area contributed by atoms with Crippen molar-refractivity contribution in [3.8, 4) is 0 Å². The van der Waals surface area contributed by atoms with Gasteiger partial charge in [0.15, 0.2) is 0 Å². The quantitative estimate of drug-likeness (QED) is 0.377. The van der Waals surface area contributed by atoms with E-state index in [2.05, 4.69) is 29.0 Å². The Morgan fingerprint density at radius 1 is 1.42 bits per heavy atom. The van der Waals surface area contributed by atoms with Crippen molar-refractivity contribution in [2.45, 2.75) is 25.8 Å². The summed E-state index contributed by atoms with van der Waals surface area (Å²) in [5, 5.41) is 3.51. The molecule has 0 fully saturated rings. The van der Waals surface area contributed by atoms with Crippen LogP contribution in [0.1, 0.15) is 18.1 Å². The molecule has 19 heavy (non-hydrogen) atoms. The van der Waals surface area contributed by atoms with Crippen molar-refractivity contribution in [2.24, 2.45) is 4.99 Å². The summed E-state index contributed by atoms with van der Waals surface area (Å²) >= 11 is 0. The van der Waals surface area contributed by atoms with Crippen molar-refractivity contribution in [3.05, 3.63) is 53.6 Å². The number of nitrogens with one attached hydrogen (secondary N) is 1. The molecule has 2 rings (SSSR count). The summed E-state index contributed by atoms with van der Waals surface area (Å²) in [6.07, 6.45) is 5.78. The van der Waals surface area contributed by atoms with Crippen LogP contribution in [0.3, 0.4) is 0 Å². The van der Waals surface area contributed by atoms with E-state index >= 15 is 0 Å². The maximum absolute atomic E-state index is 5.83. The molecule has 0 heterocycles. The Bertz CT molecular complexity index is 541. The van der Waals surface area contributed by atoms with Crippen molar-refractivity contribution in [3.63, 3.8) is 0 Å². The van der Waals surface area contributed by atoms with Crippen molar-refractivity contribution in [1.29, 1.82) is 0 Å². The fraction of sp³-hybridized carbons (Fsp3) is 0.312. The molecule has 0 radical (unpaired) electrons. The third kappa shape index (κ3) is 3.05. The molecule has 3 N–H and O–H groups in total. The number of hydrogen-bond donors (Lipinski definition) is 2. The SMILES string of the molecule is C=CC=C(C)C(=NC)NC1Cc2ccc(N)cc2C1. The monoisotopic (exact) mass is 255 g/mol. The predicted molar refractivity (Wildman–Crippen MR) is 82.5 cm³/mol. The van der Waals surface area contributed by atoms with Crippen molar-refractivity contribution in [1.82, 2.24) is 5.32 Å². The molecule has 0 spiro atoms. The number of nitrogen functional groups attached to an aromatic ring is 1. The van der Waals surface area contributed by atoms with E-state index in [0.717, 1.165) is 29.9 Å². The number of anilines is 1. The number of nitrogens with zero attached hydrogens (tertiary/aromatic N) is 1. The largest absolute Gasteiger partial charge is 0.399 e. The standard InChI is InChI=1S/C16H21N3/c1-4-5-11(2)16(18-3)19-15-9-12-6-7-14(17)8-13(12)10-15/h4-8,15H,1,9-10,17H2,2-3H3,(H,18,19). The Kier molecular flexibility index (Phi) is 4.05. The summed E-state index contributed by atoms with van der Waals surface area (Å²) in [4.78, 5) is 4.32. The Morgan fingerprint density at radius 3 is 2.84 bits per heavy atom. The van der Waals surface area contributed by atoms with Crippen LogP contribution in [0.4, 0.5) is 5.69 Å². The van der Waals surface area contributed by atoms with Gasteiger partial charge in [-0.2, -0.15) is 0 Å². The second-order valence-corrected chi connectivity index (χ2v) is 4.94. The summed E-state index contributed by atoms with van der Waals surface area (Å²) in [6.45, 7) is 5.76. The molecule has 3 nitrogen and oxygen atoms in total. The zero-order chi connectivity index (χ0) is 13.8. The van der Waals surface area contributed by atoms with Gasteiger partial charge in [0.1, 0.15) is 5.84 Å². The molecule has 1 aromatic rings. The molecule has 0 saturated carbocycles. The number of benzene rings is 1. The fourth-order valence-electron chi connectivity index (χ4n) is 2.54. The average molecular weight is 255 g/mol. The molecule has 0 bridgehead atoms. The second kappa shape index (κ2) is 5.74. The Balaban J connectivity index is 2.07. The van der Waals surface area contributed by atoms with Gasteiger partial charge in [0.25, 0.3) is 0 Å². The van der Waals surface area contributed by atoms with E-state index in [1.807, 2.05) is 26.1 Å². The normalized spacial score (nSPS) is 19.2. The van der Waals surface area contributed by atoms with Crippen LogP contribution in [0.2, 0.25) is 0 Å². The first-order valence-electron chi connectivity index (χ1n) is 6.54. The van der Waals surface area contributed by atoms with Gasteiger partial charge in [-0.05, 0) is 48.6 Å². The molecule has 1 atom stereocenters. The van der Waals surface area contributed by atoms with Crippen LogP contribution in [-0.4, -0.2) is 18.9 Å². The number of fused-ring (bicyclic) bond motifs is 1. The first-order valence-corrected chi connectivity index (χ1v) is 6.54. The Hall–Kier alpha value is -2.03. The fourth-order valence-corrected chi connectivity index (χ4v) is 2.54. The van der Waals surface area contributed by atoms with Gasteiger partial charge in [-0.3, -0.25) is 4.99 Å². The average Bonchev–Trinajstić information content (AvgIpc) is 2.77. The summed E-state index contributed by atoms with van der Waals surface area (Å²) in [5.41, 5.74) is 10.5. The van der Waals surface area contributed by atoms with E-state index in [1.54, 1.807) is 6.08 Å². The van der Waals surface area contributed by atoms with Crippen LogP contribution in [0, 0.1) is 0 Å². The van der Waals surface area contributed by atoms with Gasteiger partial charge >= 0.3 is 0 Å². The van der Waals surface area contributed by atoms with Gasteiger partial charge in [-0.25, -0.2) is 0 Å². The van der Waals surface area contributed by atoms with E-state index in [1.165, 1.54) is 11.1 Å². The molecular weight excluding hydrogens is 234 g/mol. The topological polar surface area (TPSA) is 50.4 Å². The van der Waals surface area contributed by atoms with Crippen LogP contribution in [0.5, 0.6) is 0 Å². The number of hydrogen-bond acceptors (Lipinski definition) is 2. The minimum absolute atomic E-state index is 0.392. The summed E-state index contributed by atoms with van der Waals surface area (Å²) < 4.78 is 0. The van der Waals surface area contributed by atoms with E-state index in [-0.39, 0.29) is 0 Å². The van der Waals surface area contributed by atoms with Crippen LogP contribution >= 0.6 is 0 Å². The lowest BCUT2D eigenvalue weighted by Crippen LogP contribution is -2.36. The second-order valence-electron chi connectivity index (χ2n) is 4.94. The number of aliphatic imine (C=N–C) groups is 1. The lowest BCUT2D eigenvalue weighted by Gasteiger charge is -2.15. The van der Waals surface area contributed by atoms with Crippen molar-refractivity contribution < 1.29 is 0 Å². The first kappa shape index (κ1) is 13.4. The van der Waals surface area contributed by atoms with Crippen molar-refractivity contribution in [2.75, 3.05) is 12.8 Å². The zero-order valence-electron chi connectivity index (χ0n) is 11.6. The van der Waals surface area contributed by atoms with Crippen LogP contribution in [-0.2, 0) is 12.8 Å². The minimum Gasteiger partial charge on any atom is -0.399 e. The molecule has 0 amide bonds. The summed E-state index contributed by atoms with van der Waals surface area (Å²) in [7, 11) is 1.81. The molecule has 0 aromatic heterocycles. The number of nitrogens with two attached hydrogens (primary N) is 1. The molecule has 1 aliphatic carbocycles. The highest BCUT2D eigenvalue weighted by molar-refractivity contribution is 5.98. The highest BCUT2D eigenvalue weighted by Gasteiger charge is 2.22. The maximum atomic E-state index is 5.83. The van der Waals surface area contributed by atoms with E-state index in [4.69, 9.17) is 5.73 Å². The summed E-state index contributed by atoms with van der Waals surface area (Å²) in [6, 6.07) is 6.57. The predicted octanol–water partition coefficient (Wildman–Crippen LogP) is 2.49. The number of rotatable bonds is 3. The van der Waals surface area contributed by atoms with E-state index in [0.29, 0.717) is 6.04 Å². The van der Waals surface area contributed by atoms with Crippen LogP contribution in [0.25, 0.3) is 0 Å². The molecular formula is C16H21N3. The van der Waals surface area contributed by atoms with Gasteiger partial charge in [-0.15, -0.1) is 0 Å². The molecule has 0 saturated heterocycles. The molecule has 1 aliphatic rings. The van der Waals surface area contributed by atoms with Gasteiger partial charge in [-0.1, -0.05) is 24.8 Å². The summed E-state index contributed by atoms with van der Waals surface area (Å²) in [5.74, 6) is 0.936. The number of allylic oxidation sites excluding steroid dienone is 2. The molecule has 1 aromatic carbocycles. The minimum atomic E-state index is 0.392. The third-order valence-corrected chi connectivity index (χ3v) is 3.47. The smallest absolute Gasteiger partial charge is 0.123 e. The van der Waals surface area contributed by atoms with E-state index in [9.17, 15) is 0 Å². The van der Waals surface area contributed by atoms with Crippen LogP contribution in [0.15, 0.2) is 47.5 Å². The molecule has 3 heteroatoms. The third-order valence-electron chi connectivity index (χ3n) is 3.47. The Labute approximate surface area is 114 Å². The zero-order valence-corrected chi connectivity index (χ0v) is 11.6. The van der Waals surface area contributed by atoms with Gasteiger partial charge in [0.2, 0.25) is 0 Å². The Morgan fingerprint density at radius 2 is 2.16 bits per heavy atom. The van der Waals surface area contributed by atoms with Gasteiger partial charge in [0, 0.05) is 18.8 Å². The first-order chi connectivity index (χ1) is 9.13. The highest BCUT2D eigenvalue weighted by Crippen LogP contribution is 2.24. The lowest BCUT2D eigenvalue weighted by atomic mass is 10.1. The van der Waals surface area contributed by atoms with Crippen LogP contribution < -0.4 is 11.1 Å². The highest BCUT2D eigenvalue weighted by atomic mass is 15.0. The maximum Gasteiger partial charge on any atom is 0.123 e. The van der Waals surface area contributed by atoms with E-state index < -0.39 is 0 Å². The molecule has 100 valence electrons.